The minimum Gasteiger partial charge on any atom is -0.371 e. The maximum Gasteiger partial charge on any atom is 0.130 e. The first-order valence-electron chi connectivity index (χ1n) is 7.35. The zero-order valence-corrected chi connectivity index (χ0v) is 14.1. The molecule has 0 radical (unpaired) electrons. The molecule has 0 atom stereocenters. The largest absolute Gasteiger partial charge is 0.371 e. The van der Waals surface area contributed by atoms with Gasteiger partial charge in [-0.25, -0.2) is 0 Å². The quantitative estimate of drug-likeness (QED) is 0.251. The third-order valence-corrected chi connectivity index (χ3v) is 3.73. The molecule has 0 unspecified atom stereocenters. The van der Waals surface area contributed by atoms with Gasteiger partial charge in [0, 0.05) is 6.54 Å². The van der Waals surface area contributed by atoms with Gasteiger partial charge in [0.1, 0.15) is 4.32 Å². The maximum atomic E-state index is 4.83. The molecule has 0 saturated heterocycles. The first-order valence-corrected chi connectivity index (χ1v) is 8.84. The van der Waals surface area contributed by atoms with Crippen LogP contribution in [-0.2, 0) is 0 Å². The molecule has 1 nitrogen and oxygen atoms in total. The predicted molar refractivity (Wildman–Crippen MR) is 94.2 cm³/mol. The van der Waals surface area contributed by atoms with Gasteiger partial charge in [-0.3, -0.25) is 0 Å². The molecule has 0 spiro atoms. The lowest BCUT2D eigenvalue weighted by Crippen LogP contribution is -2.17. The van der Waals surface area contributed by atoms with Crippen LogP contribution in [0.3, 0.4) is 0 Å². The van der Waals surface area contributed by atoms with E-state index in [-0.39, 0.29) is 0 Å². The van der Waals surface area contributed by atoms with Gasteiger partial charge in [-0.2, -0.15) is 12.6 Å². The van der Waals surface area contributed by atoms with Crippen molar-refractivity contribution >= 4 is 41.8 Å². The first-order chi connectivity index (χ1) is 8.77. The number of nitrogens with one attached hydrogen (secondary N) is 1. The van der Waals surface area contributed by atoms with Crippen LogP contribution in [0, 0.1) is 0 Å². The van der Waals surface area contributed by atoms with E-state index >= 15 is 0 Å². The summed E-state index contributed by atoms with van der Waals surface area (Å²) in [5.74, 6) is 1.05. The van der Waals surface area contributed by atoms with Gasteiger partial charge in [0.2, 0.25) is 0 Å². The van der Waals surface area contributed by atoms with Crippen molar-refractivity contribution in [1.29, 1.82) is 0 Å². The number of thiocarbonyl (C=S) groups is 1. The van der Waals surface area contributed by atoms with Crippen LogP contribution in [0.4, 0.5) is 0 Å². The van der Waals surface area contributed by atoms with E-state index in [9.17, 15) is 0 Å². The van der Waals surface area contributed by atoms with Crippen molar-refractivity contribution in [3.63, 3.8) is 0 Å². The summed E-state index contributed by atoms with van der Waals surface area (Å²) in [7, 11) is 0. The van der Waals surface area contributed by atoms with Gasteiger partial charge in [-0.15, -0.1) is 12.6 Å². The monoisotopic (exact) mass is 307 g/mol. The molecule has 0 amide bonds. The van der Waals surface area contributed by atoms with Crippen molar-refractivity contribution in [3.05, 3.63) is 0 Å². The Kier molecular flexibility index (Phi) is 16.2. The summed E-state index contributed by atoms with van der Waals surface area (Å²) in [5.41, 5.74) is 0. The van der Waals surface area contributed by atoms with E-state index in [4.69, 9.17) is 12.2 Å². The summed E-state index contributed by atoms with van der Waals surface area (Å²) in [6, 6.07) is 0. The Morgan fingerprint density at radius 1 is 0.722 bits per heavy atom. The van der Waals surface area contributed by atoms with E-state index in [1.54, 1.807) is 0 Å². The Morgan fingerprint density at radius 2 is 1.11 bits per heavy atom. The molecule has 0 heterocycles. The highest BCUT2D eigenvalue weighted by Crippen LogP contribution is 2.11. The molecule has 0 aromatic heterocycles. The second kappa shape index (κ2) is 15.6. The Morgan fingerprint density at radius 3 is 1.50 bits per heavy atom. The SMILES string of the molecule is S=C(S)NCCCCCCCCCCCCCS. The van der Waals surface area contributed by atoms with Crippen molar-refractivity contribution in [2.24, 2.45) is 0 Å². The molecule has 0 aromatic rings. The van der Waals surface area contributed by atoms with E-state index < -0.39 is 0 Å². The fraction of sp³-hybridized carbons (Fsp3) is 0.929. The topological polar surface area (TPSA) is 12.0 Å². The fourth-order valence-electron chi connectivity index (χ4n) is 2.02. The van der Waals surface area contributed by atoms with Crippen molar-refractivity contribution in [1.82, 2.24) is 5.32 Å². The zero-order chi connectivity index (χ0) is 13.5. The van der Waals surface area contributed by atoms with Crippen LogP contribution >= 0.6 is 37.5 Å². The third kappa shape index (κ3) is 16.6. The van der Waals surface area contributed by atoms with E-state index in [1.165, 1.54) is 70.6 Å². The van der Waals surface area contributed by atoms with Crippen LogP contribution in [0.1, 0.15) is 70.6 Å². The molecule has 108 valence electrons. The molecular formula is C14H29NS3. The molecule has 4 heteroatoms. The van der Waals surface area contributed by atoms with Crippen LogP contribution in [0.5, 0.6) is 0 Å². The van der Waals surface area contributed by atoms with E-state index in [0.29, 0.717) is 4.32 Å². The lowest BCUT2D eigenvalue weighted by molar-refractivity contribution is 0.549. The van der Waals surface area contributed by atoms with Crippen molar-refractivity contribution in [2.45, 2.75) is 70.6 Å². The molecular weight excluding hydrogens is 278 g/mol. The Hall–Kier alpha value is 0.590. The van der Waals surface area contributed by atoms with Gasteiger partial charge < -0.3 is 5.32 Å². The maximum absolute atomic E-state index is 4.83. The summed E-state index contributed by atoms with van der Waals surface area (Å²) in [5, 5.41) is 3.07. The lowest BCUT2D eigenvalue weighted by Gasteiger charge is -2.04. The summed E-state index contributed by atoms with van der Waals surface area (Å²) >= 11 is 13.1. The molecule has 18 heavy (non-hydrogen) atoms. The molecule has 0 aliphatic carbocycles. The molecule has 0 rings (SSSR count). The summed E-state index contributed by atoms with van der Waals surface area (Å²) in [6.45, 7) is 0.980. The number of thiol groups is 2. The average molecular weight is 308 g/mol. The first kappa shape index (κ1) is 18.6. The van der Waals surface area contributed by atoms with Gasteiger partial charge in [0.25, 0.3) is 0 Å². The number of hydrogen-bond donors (Lipinski definition) is 3. The highest BCUT2D eigenvalue weighted by atomic mass is 32.1. The zero-order valence-electron chi connectivity index (χ0n) is 11.5. The van der Waals surface area contributed by atoms with Crippen molar-refractivity contribution in [3.8, 4) is 0 Å². The van der Waals surface area contributed by atoms with Gasteiger partial charge in [0.15, 0.2) is 0 Å². The molecule has 0 bridgehead atoms. The Bertz CT molecular complexity index is 186. The van der Waals surface area contributed by atoms with Crippen molar-refractivity contribution in [2.75, 3.05) is 12.3 Å². The highest BCUT2D eigenvalue weighted by Gasteiger charge is 1.93. The van der Waals surface area contributed by atoms with Gasteiger partial charge in [-0.05, 0) is 18.6 Å². The van der Waals surface area contributed by atoms with E-state index in [0.717, 1.165) is 12.3 Å². The van der Waals surface area contributed by atoms with E-state index in [2.05, 4.69) is 30.6 Å². The second-order valence-electron chi connectivity index (χ2n) is 4.84. The standard InChI is InChI=1S/C14H29NS3/c16-13-11-9-7-5-3-1-2-4-6-8-10-12-15-14(17)18/h16H,1-13H2,(H2,15,17,18). The van der Waals surface area contributed by atoms with Gasteiger partial charge in [-0.1, -0.05) is 70.0 Å². The van der Waals surface area contributed by atoms with Crippen LogP contribution < -0.4 is 5.32 Å². The molecule has 1 N–H and O–H groups in total. The van der Waals surface area contributed by atoms with E-state index in [1.807, 2.05) is 0 Å². The summed E-state index contributed by atoms with van der Waals surface area (Å²) in [4.78, 5) is 0. The predicted octanol–water partition coefficient (Wildman–Crippen LogP) is 5.01. The molecule has 0 aromatic carbocycles. The molecule has 0 fully saturated rings. The van der Waals surface area contributed by atoms with Crippen LogP contribution in [0.2, 0.25) is 0 Å². The summed E-state index contributed by atoms with van der Waals surface area (Å²) in [6.07, 6.45) is 15.0. The van der Waals surface area contributed by atoms with Gasteiger partial charge >= 0.3 is 0 Å². The van der Waals surface area contributed by atoms with Crippen LogP contribution in [0.15, 0.2) is 0 Å². The van der Waals surface area contributed by atoms with Crippen LogP contribution in [-0.4, -0.2) is 16.6 Å². The minimum absolute atomic E-state index is 0.618. The average Bonchev–Trinajstić information content (AvgIpc) is 2.34. The molecule has 0 aliphatic heterocycles. The smallest absolute Gasteiger partial charge is 0.130 e. The molecule has 0 saturated carbocycles. The highest BCUT2D eigenvalue weighted by molar-refractivity contribution is 8.11. The normalized spacial score (nSPS) is 10.6. The number of hydrogen-bond acceptors (Lipinski definition) is 2. The number of rotatable bonds is 13. The fourth-order valence-corrected chi connectivity index (χ4v) is 2.46. The Labute approximate surface area is 130 Å². The lowest BCUT2D eigenvalue weighted by atomic mass is 10.1. The summed E-state index contributed by atoms with van der Waals surface area (Å²) < 4.78 is 0.618. The minimum atomic E-state index is 0.618. The van der Waals surface area contributed by atoms with Crippen LogP contribution in [0.25, 0.3) is 0 Å². The van der Waals surface area contributed by atoms with Crippen molar-refractivity contribution < 1.29 is 0 Å². The third-order valence-electron chi connectivity index (χ3n) is 3.11. The number of unbranched alkanes of at least 4 members (excludes halogenated alkanes) is 10. The molecule has 0 aliphatic rings. The van der Waals surface area contributed by atoms with Gasteiger partial charge in [0.05, 0.1) is 0 Å². The second-order valence-corrected chi connectivity index (χ2v) is 6.45. The Balaban J connectivity index is 2.92.